The Kier molecular flexibility index (Phi) is 2.98. The van der Waals surface area contributed by atoms with Crippen LogP contribution in [0.1, 0.15) is 23.6 Å². The van der Waals surface area contributed by atoms with Gasteiger partial charge < -0.3 is 0 Å². The lowest BCUT2D eigenvalue weighted by molar-refractivity contribution is -0.149. The van der Waals surface area contributed by atoms with E-state index >= 15 is 0 Å². The van der Waals surface area contributed by atoms with Crippen LogP contribution in [0.5, 0.6) is 0 Å². The van der Waals surface area contributed by atoms with Crippen LogP contribution >= 0.6 is 11.3 Å². The van der Waals surface area contributed by atoms with Crippen molar-refractivity contribution in [2.24, 2.45) is 5.41 Å². The summed E-state index contributed by atoms with van der Waals surface area (Å²) in [5, 5.41) is 2.21. The summed E-state index contributed by atoms with van der Waals surface area (Å²) in [4.78, 5) is 38.5. The van der Waals surface area contributed by atoms with E-state index in [4.69, 9.17) is 0 Å². The van der Waals surface area contributed by atoms with E-state index in [9.17, 15) is 14.4 Å². The van der Waals surface area contributed by atoms with Crippen molar-refractivity contribution in [1.82, 2.24) is 10.2 Å². The van der Waals surface area contributed by atoms with Crippen molar-refractivity contribution in [3.05, 3.63) is 21.9 Å². The lowest BCUT2D eigenvalue weighted by Crippen LogP contribution is -2.61. The quantitative estimate of drug-likeness (QED) is 0.828. The molecule has 18 heavy (non-hydrogen) atoms. The highest BCUT2D eigenvalue weighted by atomic mass is 32.1. The molecule has 0 unspecified atom stereocenters. The molecule has 1 aliphatic rings. The number of rotatable bonds is 2. The van der Waals surface area contributed by atoms with Gasteiger partial charge in [-0.15, -0.1) is 11.3 Å². The van der Waals surface area contributed by atoms with Crippen molar-refractivity contribution in [2.75, 3.05) is 0 Å². The zero-order valence-corrected chi connectivity index (χ0v) is 11.3. The minimum Gasteiger partial charge on any atom is -0.277 e. The Labute approximate surface area is 109 Å². The van der Waals surface area contributed by atoms with Gasteiger partial charge in [-0.1, -0.05) is 0 Å². The van der Waals surface area contributed by atoms with E-state index in [1.165, 1.54) is 25.2 Å². The summed E-state index contributed by atoms with van der Waals surface area (Å²) in [5.41, 5.74) is -1.19. The van der Waals surface area contributed by atoms with Gasteiger partial charge in [-0.25, -0.2) is 4.79 Å². The minimum atomic E-state index is -1.19. The predicted octanol–water partition coefficient (Wildman–Crippen LogP) is 1.66. The van der Waals surface area contributed by atoms with Crippen molar-refractivity contribution < 1.29 is 14.4 Å². The number of carbonyl (C=O) groups excluding carboxylic acids is 3. The van der Waals surface area contributed by atoms with Crippen LogP contribution in [0.15, 0.2) is 12.1 Å². The summed E-state index contributed by atoms with van der Waals surface area (Å²) >= 11 is 1.53. The maximum absolute atomic E-state index is 12.1. The molecule has 0 aliphatic carbocycles. The highest BCUT2D eigenvalue weighted by Crippen LogP contribution is 2.26. The molecule has 2 rings (SSSR count). The van der Waals surface area contributed by atoms with Gasteiger partial charge in [-0.05, 0) is 32.9 Å². The highest BCUT2D eigenvalue weighted by molar-refractivity contribution is 7.11. The number of imide groups is 2. The largest absolute Gasteiger partial charge is 0.331 e. The number of aryl methyl sites for hydroxylation is 1. The van der Waals surface area contributed by atoms with Gasteiger partial charge >= 0.3 is 6.03 Å². The molecule has 0 radical (unpaired) electrons. The third-order valence-corrected chi connectivity index (χ3v) is 3.91. The van der Waals surface area contributed by atoms with Crippen molar-refractivity contribution in [3.63, 3.8) is 0 Å². The number of amides is 4. The first-order valence-electron chi connectivity index (χ1n) is 5.55. The molecule has 6 heteroatoms. The van der Waals surface area contributed by atoms with E-state index in [-0.39, 0.29) is 6.54 Å². The van der Waals surface area contributed by atoms with E-state index in [1.54, 1.807) is 0 Å². The van der Waals surface area contributed by atoms with Gasteiger partial charge in [0.1, 0.15) is 5.41 Å². The minimum absolute atomic E-state index is 0.208. The summed E-state index contributed by atoms with van der Waals surface area (Å²) in [7, 11) is 0. The van der Waals surface area contributed by atoms with Gasteiger partial charge in [0.15, 0.2) is 0 Å². The summed E-state index contributed by atoms with van der Waals surface area (Å²) in [5.74, 6) is -1.00. The van der Waals surface area contributed by atoms with E-state index in [0.717, 1.165) is 14.7 Å². The monoisotopic (exact) mass is 266 g/mol. The number of urea groups is 1. The molecule has 4 amide bonds. The molecule has 0 atom stereocenters. The van der Waals surface area contributed by atoms with Gasteiger partial charge in [0.25, 0.3) is 0 Å². The zero-order chi connectivity index (χ0) is 13.5. The van der Waals surface area contributed by atoms with E-state index < -0.39 is 23.3 Å². The molecule has 1 N–H and O–H groups in total. The third-order valence-electron chi connectivity index (χ3n) is 2.92. The van der Waals surface area contributed by atoms with Gasteiger partial charge in [-0.2, -0.15) is 0 Å². The smallest absolute Gasteiger partial charge is 0.277 e. The molecule has 0 bridgehead atoms. The summed E-state index contributed by atoms with van der Waals surface area (Å²) in [6, 6.07) is 3.17. The molecular formula is C12H14N2O3S. The van der Waals surface area contributed by atoms with E-state index in [1.807, 2.05) is 19.1 Å². The molecule has 1 aliphatic heterocycles. The van der Waals surface area contributed by atoms with Gasteiger partial charge in [0.2, 0.25) is 11.8 Å². The Morgan fingerprint density at radius 2 is 1.94 bits per heavy atom. The van der Waals surface area contributed by atoms with Gasteiger partial charge in [-0.3, -0.25) is 19.8 Å². The standard InChI is InChI=1S/C12H14N2O3S/c1-7-4-5-8(18-7)6-14-10(16)12(2,3)9(15)13-11(14)17/h4-5H,6H2,1-3H3,(H,13,15,17). The predicted molar refractivity (Wildman–Crippen MR) is 66.9 cm³/mol. The van der Waals surface area contributed by atoms with E-state index in [0.29, 0.717) is 0 Å². The van der Waals surface area contributed by atoms with E-state index in [2.05, 4.69) is 5.32 Å². The molecule has 5 nitrogen and oxygen atoms in total. The second-order valence-electron chi connectivity index (χ2n) is 4.79. The lowest BCUT2D eigenvalue weighted by atomic mass is 9.89. The summed E-state index contributed by atoms with van der Waals surface area (Å²) in [6.07, 6.45) is 0. The Bertz CT molecular complexity index is 533. The van der Waals surface area contributed by atoms with Crippen LogP contribution < -0.4 is 5.32 Å². The van der Waals surface area contributed by atoms with Crippen molar-refractivity contribution in [2.45, 2.75) is 27.3 Å². The van der Waals surface area contributed by atoms with Crippen LogP contribution in [0.3, 0.4) is 0 Å². The normalized spacial score (nSPS) is 19.1. The van der Waals surface area contributed by atoms with Crippen molar-refractivity contribution >= 4 is 29.2 Å². The SMILES string of the molecule is Cc1ccc(CN2C(=O)NC(=O)C(C)(C)C2=O)s1. The second-order valence-corrected chi connectivity index (χ2v) is 6.16. The molecule has 1 aromatic heterocycles. The number of hydrogen-bond acceptors (Lipinski definition) is 4. The molecule has 1 saturated heterocycles. The number of carbonyl (C=O) groups is 3. The van der Waals surface area contributed by atoms with Crippen molar-refractivity contribution in [3.8, 4) is 0 Å². The van der Waals surface area contributed by atoms with Crippen LogP contribution in [-0.2, 0) is 16.1 Å². The van der Waals surface area contributed by atoms with Crippen LogP contribution in [0.2, 0.25) is 0 Å². The summed E-state index contributed by atoms with van der Waals surface area (Å²) in [6.45, 7) is 5.20. The maximum atomic E-state index is 12.1. The lowest BCUT2D eigenvalue weighted by Gasteiger charge is -2.34. The first-order valence-corrected chi connectivity index (χ1v) is 6.36. The molecule has 0 aromatic carbocycles. The van der Waals surface area contributed by atoms with Gasteiger partial charge in [0, 0.05) is 9.75 Å². The Morgan fingerprint density at radius 3 is 2.50 bits per heavy atom. The first kappa shape index (κ1) is 12.8. The first-order chi connectivity index (χ1) is 8.32. The molecule has 96 valence electrons. The maximum Gasteiger partial charge on any atom is 0.331 e. The zero-order valence-electron chi connectivity index (χ0n) is 10.4. The average Bonchev–Trinajstić information content (AvgIpc) is 2.68. The molecule has 1 fully saturated rings. The van der Waals surface area contributed by atoms with Crippen LogP contribution in [0.4, 0.5) is 4.79 Å². The number of hydrogen-bond donors (Lipinski definition) is 1. The van der Waals surface area contributed by atoms with Crippen LogP contribution in [-0.4, -0.2) is 22.7 Å². The molecule has 2 heterocycles. The fourth-order valence-corrected chi connectivity index (χ4v) is 2.60. The third kappa shape index (κ3) is 2.03. The number of nitrogens with zero attached hydrogens (tertiary/aromatic N) is 1. The highest BCUT2D eigenvalue weighted by Gasteiger charge is 2.46. The second kappa shape index (κ2) is 4.20. The molecule has 0 spiro atoms. The Balaban J connectivity index is 2.24. The fraction of sp³-hybridized carbons (Fsp3) is 0.417. The molecular weight excluding hydrogens is 252 g/mol. The molecule has 1 aromatic rings. The van der Waals surface area contributed by atoms with Gasteiger partial charge in [0.05, 0.1) is 6.54 Å². The number of nitrogens with one attached hydrogen (secondary N) is 1. The van der Waals surface area contributed by atoms with Crippen LogP contribution in [0, 0.1) is 12.3 Å². The number of barbiturate groups is 1. The fourth-order valence-electron chi connectivity index (χ4n) is 1.72. The number of thiophene rings is 1. The van der Waals surface area contributed by atoms with Crippen LogP contribution in [0.25, 0.3) is 0 Å². The Morgan fingerprint density at radius 1 is 1.28 bits per heavy atom. The Hall–Kier alpha value is -1.69. The topological polar surface area (TPSA) is 66.5 Å². The molecule has 0 saturated carbocycles. The van der Waals surface area contributed by atoms with Crippen molar-refractivity contribution in [1.29, 1.82) is 0 Å². The summed E-state index contributed by atoms with van der Waals surface area (Å²) < 4.78 is 0. The average molecular weight is 266 g/mol.